The van der Waals surface area contributed by atoms with Crippen LogP contribution in [0.15, 0.2) is 54.6 Å². The van der Waals surface area contributed by atoms with Gasteiger partial charge < -0.3 is 0 Å². The number of unbranched alkanes of at least 4 members (excludes halogenated alkanes) is 1. The van der Waals surface area contributed by atoms with Crippen molar-refractivity contribution < 1.29 is 17.6 Å². The summed E-state index contributed by atoms with van der Waals surface area (Å²) in [5.74, 6) is -2.94. The van der Waals surface area contributed by atoms with Gasteiger partial charge >= 0.3 is 0 Å². The fourth-order valence-corrected chi connectivity index (χ4v) is 5.40. The number of halogens is 4. The van der Waals surface area contributed by atoms with E-state index in [9.17, 15) is 8.78 Å². The first-order chi connectivity index (χ1) is 17.9. The van der Waals surface area contributed by atoms with Crippen molar-refractivity contribution in [2.45, 2.75) is 77.6 Å². The maximum Gasteiger partial charge on any atom is 0.166 e. The van der Waals surface area contributed by atoms with E-state index < -0.39 is 23.3 Å². The minimum Gasteiger partial charge on any atom is -0.203 e. The van der Waals surface area contributed by atoms with Gasteiger partial charge in [-0.3, -0.25) is 0 Å². The van der Waals surface area contributed by atoms with Crippen LogP contribution in [0.5, 0.6) is 0 Å². The number of benzene rings is 3. The third-order valence-electron chi connectivity index (χ3n) is 7.67. The van der Waals surface area contributed by atoms with Crippen LogP contribution in [0.25, 0.3) is 17.2 Å². The summed E-state index contributed by atoms with van der Waals surface area (Å²) < 4.78 is 59.1. The molecule has 0 atom stereocenters. The normalized spacial score (nSPS) is 18.0. The molecule has 1 fully saturated rings. The van der Waals surface area contributed by atoms with Crippen LogP contribution >= 0.6 is 0 Å². The van der Waals surface area contributed by atoms with Gasteiger partial charge in [0.2, 0.25) is 0 Å². The van der Waals surface area contributed by atoms with Gasteiger partial charge in [0.25, 0.3) is 0 Å². The molecule has 0 saturated heterocycles. The molecule has 0 unspecified atom stereocenters. The van der Waals surface area contributed by atoms with Crippen molar-refractivity contribution in [3.63, 3.8) is 0 Å². The fourth-order valence-electron chi connectivity index (χ4n) is 5.40. The molecule has 1 aliphatic carbocycles. The predicted octanol–water partition coefficient (Wildman–Crippen LogP) is 10.2. The number of hydrogen-bond acceptors (Lipinski definition) is 0. The minimum atomic E-state index is -0.795. The highest BCUT2D eigenvalue weighted by Gasteiger charge is 2.26. The second-order valence-electron chi connectivity index (χ2n) is 10.3. The Morgan fingerprint density at radius 3 is 2.11 bits per heavy atom. The molecule has 3 aromatic carbocycles. The van der Waals surface area contributed by atoms with Crippen LogP contribution < -0.4 is 0 Å². The van der Waals surface area contributed by atoms with Crippen molar-refractivity contribution in [3.05, 3.63) is 100 Å². The zero-order valence-electron chi connectivity index (χ0n) is 21.8. The van der Waals surface area contributed by atoms with Crippen molar-refractivity contribution in [1.29, 1.82) is 0 Å². The SMILES string of the molecule is CCCCc1ccc(/C=C/C2CCC(c3ccc(-c4ccc(CCC)cc4)c(F)c3F)CC2)c(F)c1F. The van der Waals surface area contributed by atoms with Crippen molar-refractivity contribution in [1.82, 2.24) is 0 Å². The molecule has 0 amide bonds. The zero-order chi connectivity index (χ0) is 26.4. The molecule has 3 aromatic rings. The van der Waals surface area contributed by atoms with Crippen molar-refractivity contribution in [3.8, 4) is 11.1 Å². The molecule has 0 bridgehead atoms. The lowest BCUT2D eigenvalue weighted by Gasteiger charge is -2.27. The average Bonchev–Trinajstić information content (AvgIpc) is 2.92. The Balaban J connectivity index is 1.40. The number of hydrogen-bond donors (Lipinski definition) is 0. The van der Waals surface area contributed by atoms with Gasteiger partial charge in [-0.25, -0.2) is 17.6 Å². The highest BCUT2D eigenvalue weighted by atomic mass is 19.2. The minimum absolute atomic E-state index is 0.0489. The molecular formula is C33H36F4. The molecule has 0 aromatic heterocycles. The summed E-state index contributed by atoms with van der Waals surface area (Å²) in [7, 11) is 0. The van der Waals surface area contributed by atoms with Crippen molar-refractivity contribution in [2.24, 2.45) is 5.92 Å². The zero-order valence-corrected chi connectivity index (χ0v) is 21.8. The molecule has 1 aliphatic rings. The third-order valence-corrected chi connectivity index (χ3v) is 7.67. The largest absolute Gasteiger partial charge is 0.203 e. The Bertz CT molecular complexity index is 1220. The fraction of sp³-hybridized carbons (Fsp3) is 0.394. The predicted molar refractivity (Wildman–Crippen MR) is 144 cm³/mol. The highest BCUT2D eigenvalue weighted by molar-refractivity contribution is 5.65. The first-order valence-electron chi connectivity index (χ1n) is 13.6. The van der Waals surface area contributed by atoms with E-state index in [0.29, 0.717) is 23.1 Å². The molecule has 0 nitrogen and oxygen atoms in total. The maximum atomic E-state index is 15.1. The van der Waals surface area contributed by atoms with Gasteiger partial charge in [-0.2, -0.15) is 0 Å². The van der Waals surface area contributed by atoms with E-state index in [1.54, 1.807) is 30.3 Å². The summed E-state index contributed by atoms with van der Waals surface area (Å²) in [6.45, 7) is 4.13. The van der Waals surface area contributed by atoms with E-state index >= 15 is 8.78 Å². The molecule has 4 heteroatoms. The Hall–Kier alpha value is -2.88. The van der Waals surface area contributed by atoms with Gasteiger partial charge in [0, 0.05) is 11.1 Å². The van der Waals surface area contributed by atoms with Crippen molar-refractivity contribution >= 4 is 6.08 Å². The molecule has 0 aliphatic heterocycles. The third kappa shape index (κ3) is 6.34. The second kappa shape index (κ2) is 12.6. The lowest BCUT2D eigenvalue weighted by Crippen LogP contribution is -2.13. The van der Waals surface area contributed by atoms with Crippen LogP contribution in [0.3, 0.4) is 0 Å². The standard InChI is InChI=1S/C33H36F4/c1-3-5-7-26-18-19-27(31(35)30(26)34)17-12-23-10-15-25(16-11-23)29-21-20-28(32(36)33(29)37)24-13-8-22(6-4-2)9-14-24/h8-9,12-14,17-21,23,25H,3-7,10-11,15-16H2,1-2H3/b17-12+. The van der Waals surface area contributed by atoms with E-state index in [4.69, 9.17) is 0 Å². The number of rotatable bonds is 9. The van der Waals surface area contributed by atoms with E-state index in [1.807, 2.05) is 37.3 Å². The highest BCUT2D eigenvalue weighted by Crippen LogP contribution is 2.39. The topological polar surface area (TPSA) is 0 Å². The molecule has 37 heavy (non-hydrogen) atoms. The molecule has 4 rings (SSSR count). The van der Waals surface area contributed by atoms with E-state index in [2.05, 4.69) is 6.92 Å². The van der Waals surface area contributed by atoms with Crippen LogP contribution in [-0.4, -0.2) is 0 Å². The first-order valence-corrected chi connectivity index (χ1v) is 13.6. The maximum absolute atomic E-state index is 15.1. The van der Waals surface area contributed by atoms with Gasteiger partial charge in [-0.15, -0.1) is 0 Å². The Morgan fingerprint density at radius 2 is 1.43 bits per heavy atom. The molecule has 0 radical (unpaired) electrons. The van der Waals surface area contributed by atoms with Gasteiger partial charge in [-0.05, 0) is 79.0 Å². The van der Waals surface area contributed by atoms with Gasteiger partial charge in [-0.1, -0.05) is 87.4 Å². The van der Waals surface area contributed by atoms with Crippen LogP contribution in [0.4, 0.5) is 17.6 Å². The molecule has 196 valence electrons. The summed E-state index contributed by atoms with van der Waals surface area (Å²) in [6.07, 6.45) is 10.9. The van der Waals surface area contributed by atoms with E-state index in [0.717, 1.165) is 51.4 Å². The Morgan fingerprint density at radius 1 is 0.703 bits per heavy atom. The van der Waals surface area contributed by atoms with Crippen LogP contribution in [0.1, 0.15) is 87.0 Å². The number of aryl methyl sites for hydroxylation is 2. The molecule has 0 N–H and O–H groups in total. The van der Waals surface area contributed by atoms with Crippen LogP contribution in [0.2, 0.25) is 0 Å². The summed E-state index contributed by atoms with van der Waals surface area (Å²) in [5.41, 5.74) is 3.26. The van der Waals surface area contributed by atoms with Crippen LogP contribution in [-0.2, 0) is 12.8 Å². The lowest BCUT2D eigenvalue weighted by molar-refractivity contribution is 0.365. The Kier molecular flexibility index (Phi) is 9.23. The number of allylic oxidation sites excluding steroid dienone is 1. The molecular weight excluding hydrogens is 472 g/mol. The van der Waals surface area contributed by atoms with Crippen molar-refractivity contribution in [2.75, 3.05) is 0 Å². The van der Waals surface area contributed by atoms with Gasteiger partial charge in [0.05, 0.1) is 0 Å². The van der Waals surface area contributed by atoms with E-state index in [1.165, 1.54) is 5.56 Å². The summed E-state index contributed by atoms with van der Waals surface area (Å²) in [5, 5.41) is 0. The van der Waals surface area contributed by atoms with Gasteiger partial charge in [0.1, 0.15) is 0 Å². The quantitative estimate of drug-likeness (QED) is 0.252. The molecule has 1 saturated carbocycles. The van der Waals surface area contributed by atoms with Crippen LogP contribution in [0, 0.1) is 29.2 Å². The molecule has 0 heterocycles. The average molecular weight is 509 g/mol. The smallest absolute Gasteiger partial charge is 0.166 e. The monoisotopic (exact) mass is 508 g/mol. The lowest BCUT2D eigenvalue weighted by atomic mass is 9.78. The summed E-state index contributed by atoms with van der Waals surface area (Å²) >= 11 is 0. The second-order valence-corrected chi connectivity index (χ2v) is 10.3. The summed E-state index contributed by atoms with van der Waals surface area (Å²) in [4.78, 5) is 0. The van der Waals surface area contributed by atoms with Gasteiger partial charge in [0.15, 0.2) is 23.3 Å². The molecule has 0 spiro atoms. The van der Waals surface area contributed by atoms with E-state index in [-0.39, 0.29) is 23.0 Å². The Labute approximate surface area is 218 Å². The first kappa shape index (κ1) is 27.2. The summed E-state index contributed by atoms with van der Waals surface area (Å²) in [6, 6.07) is 14.4.